The van der Waals surface area contributed by atoms with Gasteiger partial charge in [0, 0.05) is 36.4 Å². The van der Waals surface area contributed by atoms with Gasteiger partial charge in [-0.15, -0.1) is 0 Å². The van der Waals surface area contributed by atoms with E-state index in [2.05, 4.69) is 35.6 Å². The van der Waals surface area contributed by atoms with E-state index in [0.717, 1.165) is 36.3 Å². The summed E-state index contributed by atoms with van der Waals surface area (Å²) in [5.41, 5.74) is 2.93. The number of likely N-dealkylation sites (tertiary alicyclic amines) is 1. The lowest BCUT2D eigenvalue weighted by Crippen LogP contribution is -2.45. The molecule has 1 fully saturated rings. The zero-order chi connectivity index (χ0) is 21.4. The maximum Gasteiger partial charge on any atom is 0.276 e. The van der Waals surface area contributed by atoms with E-state index in [1.54, 1.807) is 6.20 Å². The molecule has 0 bridgehead atoms. The van der Waals surface area contributed by atoms with Gasteiger partial charge in [-0.2, -0.15) is 5.10 Å². The number of hydrogen-bond acceptors (Lipinski definition) is 3. The predicted molar refractivity (Wildman–Crippen MR) is 119 cm³/mol. The van der Waals surface area contributed by atoms with Gasteiger partial charge in [0.2, 0.25) is 5.91 Å². The smallest absolute Gasteiger partial charge is 0.276 e. The van der Waals surface area contributed by atoms with Gasteiger partial charge in [0.05, 0.1) is 11.6 Å². The van der Waals surface area contributed by atoms with E-state index < -0.39 is 0 Å². The summed E-state index contributed by atoms with van der Waals surface area (Å²) in [4.78, 5) is 28.0. The van der Waals surface area contributed by atoms with Crippen molar-refractivity contribution in [2.75, 3.05) is 13.1 Å². The highest BCUT2D eigenvalue weighted by molar-refractivity contribution is 5.87. The van der Waals surface area contributed by atoms with Gasteiger partial charge >= 0.3 is 0 Å². The summed E-state index contributed by atoms with van der Waals surface area (Å²) >= 11 is 0. The quantitative estimate of drug-likeness (QED) is 0.667. The van der Waals surface area contributed by atoms with E-state index in [-0.39, 0.29) is 18.0 Å². The van der Waals surface area contributed by atoms with Crippen LogP contribution in [0.1, 0.15) is 37.2 Å². The lowest BCUT2D eigenvalue weighted by atomic mass is 9.92. The predicted octanol–water partition coefficient (Wildman–Crippen LogP) is 3.37. The molecular weight excluding hydrogens is 376 g/mol. The number of aryl methyl sites for hydroxylation is 2. The Labute approximate surface area is 177 Å². The van der Waals surface area contributed by atoms with Crippen molar-refractivity contribution in [2.24, 2.45) is 11.8 Å². The second kappa shape index (κ2) is 8.09. The molecular formula is C24H30N4O2. The third kappa shape index (κ3) is 3.78. The van der Waals surface area contributed by atoms with Crippen molar-refractivity contribution in [1.29, 1.82) is 0 Å². The van der Waals surface area contributed by atoms with E-state index in [1.807, 2.05) is 36.9 Å². The first-order valence-electron chi connectivity index (χ1n) is 10.7. The lowest BCUT2D eigenvalue weighted by molar-refractivity contribution is -0.134. The Balaban J connectivity index is 1.65. The monoisotopic (exact) mass is 406 g/mol. The highest BCUT2D eigenvalue weighted by atomic mass is 16.2. The molecule has 30 heavy (non-hydrogen) atoms. The summed E-state index contributed by atoms with van der Waals surface area (Å²) in [5, 5.41) is 5.86. The Kier molecular flexibility index (Phi) is 5.50. The summed E-state index contributed by atoms with van der Waals surface area (Å²) in [6.07, 6.45) is 2.87. The van der Waals surface area contributed by atoms with Crippen LogP contribution in [-0.2, 0) is 17.9 Å². The first-order chi connectivity index (χ1) is 14.3. The lowest BCUT2D eigenvalue weighted by Gasteiger charge is -2.35. The molecule has 0 N–H and O–H groups in total. The number of amides is 1. The number of piperidine rings is 1. The van der Waals surface area contributed by atoms with Crippen molar-refractivity contribution in [3.63, 3.8) is 0 Å². The third-order valence-corrected chi connectivity index (χ3v) is 6.30. The molecule has 1 aliphatic heterocycles. The van der Waals surface area contributed by atoms with Crippen LogP contribution in [0, 0.1) is 25.7 Å². The summed E-state index contributed by atoms with van der Waals surface area (Å²) in [5.74, 6) is 0.948. The van der Waals surface area contributed by atoms with Gasteiger partial charge < -0.3 is 9.47 Å². The van der Waals surface area contributed by atoms with Crippen molar-refractivity contribution in [3.05, 3.63) is 63.8 Å². The van der Waals surface area contributed by atoms with Gasteiger partial charge in [0.1, 0.15) is 6.54 Å². The van der Waals surface area contributed by atoms with Crippen LogP contribution < -0.4 is 5.56 Å². The van der Waals surface area contributed by atoms with Crippen LogP contribution in [0.3, 0.4) is 0 Å². The number of nitrogens with zero attached hydrogens (tertiary/aromatic N) is 4. The van der Waals surface area contributed by atoms with Crippen molar-refractivity contribution < 1.29 is 4.79 Å². The molecule has 1 amide bonds. The molecule has 1 aromatic carbocycles. The molecule has 2 aromatic heterocycles. The summed E-state index contributed by atoms with van der Waals surface area (Å²) < 4.78 is 3.48. The molecule has 0 radical (unpaired) electrons. The Morgan fingerprint density at radius 1 is 1.07 bits per heavy atom. The third-order valence-electron chi connectivity index (χ3n) is 6.30. The minimum absolute atomic E-state index is 0.00341. The molecule has 0 spiro atoms. The fourth-order valence-electron chi connectivity index (χ4n) is 4.86. The normalized spacial score (nSPS) is 19.4. The first-order valence-corrected chi connectivity index (χ1v) is 10.7. The van der Waals surface area contributed by atoms with Gasteiger partial charge in [-0.05, 0) is 37.7 Å². The Hall–Kier alpha value is -2.89. The highest BCUT2D eigenvalue weighted by Gasteiger charge is 2.26. The fourth-order valence-corrected chi connectivity index (χ4v) is 4.86. The van der Waals surface area contributed by atoms with Gasteiger partial charge in [0.15, 0.2) is 0 Å². The van der Waals surface area contributed by atoms with Crippen LogP contribution in [-0.4, -0.2) is 38.2 Å². The van der Waals surface area contributed by atoms with E-state index in [0.29, 0.717) is 23.8 Å². The van der Waals surface area contributed by atoms with Gasteiger partial charge in [-0.3, -0.25) is 9.59 Å². The van der Waals surface area contributed by atoms with E-state index >= 15 is 0 Å². The van der Waals surface area contributed by atoms with Crippen LogP contribution in [0.2, 0.25) is 0 Å². The van der Waals surface area contributed by atoms with Gasteiger partial charge in [0.25, 0.3) is 5.56 Å². The van der Waals surface area contributed by atoms with Gasteiger partial charge in [-0.25, -0.2) is 4.68 Å². The molecule has 3 heterocycles. The average Bonchev–Trinajstić information content (AvgIpc) is 2.95. The summed E-state index contributed by atoms with van der Waals surface area (Å²) in [6, 6.07) is 10.2. The molecule has 158 valence electrons. The molecule has 6 nitrogen and oxygen atoms in total. The number of fused-ring (bicyclic) bond motifs is 1. The molecule has 4 rings (SSSR count). The molecule has 2 unspecified atom stereocenters. The average molecular weight is 407 g/mol. The number of carbonyl (C=O) groups excluding carboxylic acids is 1. The standard InChI is InChI=1S/C24H30N4O2/c1-16-10-17(2)13-26(12-16)22(29)15-28-24(30)23-19(4)27(18(3)21(23)11-25-28)14-20-8-6-5-7-9-20/h5-9,11,16-17H,10,12-15H2,1-4H3. The number of benzene rings is 1. The van der Waals surface area contributed by atoms with Crippen LogP contribution >= 0.6 is 0 Å². The molecule has 0 aliphatic carbocycles. The van der Waals surface area contributed by atoms with Crippen LogP contribution in [0.5, 0.6) is 0 Å². The molecule has 6 heteroatoms. The SMILES string of the molecule is Cc1c2cnn(CC(=O)N3CC(C)CC(C)C3)c(=O)c2c(C)n1Cc1ccccc1. The van der Waals surface area contributed by atoms with Crippen LogP contribution in [0.25, 0.3) is 10.8 Å². The summed E-state index contributed by atoms with van der Waals surface area (Å²) in [6.45, 7) is 10.6. The van der Waals surface area contributed by atoms with E-state index in [4.69, 9.17) is 0 Å². The number of carbonyl (C=O) groups is 1. The minimum atomic E-state index is -0.189. The number of aromatic nitrogens is 3. The maximum atomic E-state index is 13.2. The fraction of sp³-hybridized carbons (Fsp3) is 0.458. The highest BCUT2D eigenvalue weighted by Crippen LogP contribution is 2.24. The topological polar surface area (TPSA) is 60.1 Å². The Morgan fingerprint density at radius 2 is 1.73 bits per heavy atom. The summed E-state index contributed by atoms with van der Waals surface area (Å²) in [7, 11) is 0. The first kappa shape index (κ1) is 20.4. The minimum Gasteiger partial charge on any atom is -0.343 e. The van der Waals surface area contributed by atoms with Crippen molar-refractivity contribution in [3.8, 4) is 0 Å². The van der Waals surface area contributed by atoms with Crippen molar-refractivity contribution in [2.45, 2.75) is 47.2 Å². The Bertz CT molecular complexity index is 1120. The zero-order valence-corrected chi connectivity index (χ0v) is 18.3. The number of rotatable bonds is 4. The second-order valence-corrected chi connectivity index (χ2v) is 8.88. The van der Waals surface area contributed by atoms with E-state index in [1.165, 1.54) is 10.2 Å². The zero-order valence-electron chi connectivity index (χ0n) is 18.3. The second-order valence-electron chi connectivity index (χ2n) is 8.88. The molecule has 2 atom stereocenters. The largest absolute Gasteiger partial charge is 0.343 e. The van der Waals surface area contributed by atoms with E-state index in [9.17, 15) is 9.59 Å². The Morgan fingerprint density at radius 3 is 2.40 bits per heavy atom. The van der Waals surface area contributed by atoms with Gasteiger partial charge in [-0.1, -0.05) is 44.2 Å². The molecule has 3 aromatic rings. The van der Waals surface area contributed by atoms with Crippen molar-refractivity contribution >= 4 is 16.7 Å². The van der Waals surface area contributed by atoms with Crippen LogP contribution in [0.4, 0.5) is 0 Å². The molecule has 0 saturated carbocycles. The van der Waals surface area contributed by atoms with Crippen LogP contribution in [0.15, 0.2) is 41.3 Å². The molecule has 1 saturated heterocycles. The number of hydrogen-bond donors (Lipinski definition) is 0. The van der Waals surface area contributed by atoms with Crippen molar-refractivity contribution in [1.82, 2.24) is 19.2 Å². The molecule has 1 aliphatic rings. The maximum absolute atomic E-state index is 13.2.